The summed E-state index contributed by atoms with van der Waals surface area (Å²) in [7, 11) is 0. The highest BCUT2D eigenvalue weighted by Crippen LogP contribution is 2.36. The Bertz CT molecular complexity index is 1760. The first-order valence-electron chi connectivity index (χ1n) is 13.9. The second kappa shape index (κ2) is 12.3. The summed E-state index contributed by atoms with van der Waals surface area (Å²) in [5.74, 6) is 0.484. The Kier molecular flexibility index (Phi) is 8.38. The fraction of sp³-hybridized carbons (Fsp3) is 0.242. The first kappa shape index (κ1) is 29.2. The lowest BCUT2D eigenvalue weighted by Crippen LogP contribution is -2.43. The van der Waals surface area contributed by atoms with Crippen molar-refractivity contribution in [2.75, 3.05) is 6.61 Å². The molecule has 0 unspecified atom stereocenters. The molecular weight excluding hydrogens is 546 g/mol. The highest BCUT2D eigenvalue weighted by atomic mass is 16.6. The number of rotatable bonds is 9. The van der Waals surface area contributed by atoms with E-state index in [0.29, 0.717) is 23.4 Å². The molecule has 43 heavy (non-hydrogen) atoms. The van der Waals surface area contributed by atoms with Gasteiger partial charge in [0.2, 0.25) is 0 Å². The molecule has 2 heterocycles. The molecule has 0 fully saturated rings. The van der Waals surface area contributed by atoms with Gasteiger partial charge in [0.25, 0.3) is 5.69 Å². The lowest BCUT2D eigenvalue weighted by Gasteiger charge is -2.24. The van der Waals surface area contributed by atoms with E-state index in [0.717, 1.165) is 33.3 Å². The van der Waals surface area contributed by atoms with Crippen molar-refractivity contribution in [1.82, 2.24) is 20.5 Å². The zero-order valence-corrected chi connectivity index (χ0v) is 24.5. The summed E-state index contributed by atoms with van der Waals surface area (Å²) < 4.78 is 11.7. The number of hydrogen-bond donors (Lipinski definition) is 2. The molecule has 0 radical (unpaired) electrons. The van der Waals surface area contributed by atoms with Crippen molar-refractivity contribution in [3.63, 3.8) is 0 Å². The van der Waals surface area contributed by atoms with Gasteiger partial charge in [-0.05, 0) is 63.4 Å². The van der Waals surface area contributed by atoms with Gasteiger partial charge in [-0.1, -0.05) is 48.5 Å². The van der Waals surface area contributed by atoms with Crippen LogP contribution in [0.15, 0.2) is 85.1 Å². The maximum absolute atomic E-state index is 12.6. The van der Waals surface area contributed by atoms with E-state index >= 15 is 0 Å². The number of fused-ring (bicyclic) bond motifs is 1. The van der Waals surface area contributed by atoms with Crippen LogP contribution in [0, 0.1) is 17.0 Å². The molecule has 0 aliphatic heterocycles. The molecule has 1 atom stereocenters. The number of non-ortho nitro benzene ring substituents is 1. The van der Waals surface area contributed by atoms with E-state index in [2.05, 4.69) is 15.5 Å². The molecule has 0 aliphatic rings. The molecule has 0 bridgehead atoms. The first-order valence-corrected chi connectivity index (χ1v) is 13.9. The van der Waals surface area contributed by atoms with Crippen LogP contribution in [-0.4, -0.2) is 44.4 Å². The van der Waals surface area contributed by atoms with Crippen LogP contribution in [0.3, 0.4) is 0 Å². The second-order valence-electron chi connectivity index (χ2n) is 11.3. The second-order valence-corrected chi connectivity index (χ2v) is 11.3. The number of hydrogen-bond acceptors (Lipinski definition) is 7. The molecule has 5 rings (SSSR count). The van der Waals surface area contributed by atoms with E-state index in [1.54, 1.807) is 18.3 Å². The molecule has 2 aromatic heterocycles. The van der Waals surface area contributed by atoms with Crippen LogP contribution in [0.2, 0.25) is 0 Å². The predicted octanol–water partition coefficient (Wildman–Crippen LogP) is 7.02. The highest BCUT2D eigenvalue weighted by molar-refractivity contribution is 5.90. The van der Waals surface area contributed by atoms with Crippen molar-refractivity contribution in [3.8, 4) is 28.1 Å². The van der Waals surface area contributed by atoms with E-state index in [4.69, 9.17) is 14.5 Å². The Morgan fingerprint density at radius 3 is 2.56 bits per heavy atom. The molecule has 3 aromatic carbocycles. The monoisotopic (exact) mass is 579 g/mol. The van der Waals surface area contributed by atoms with Crippen molar-refractivity contribution in [2.24, 2.45) is 0 Å². The molecule has 0 saturated carbocycles. The van der Waals surface area contributed by atoms with Gasteiger partial charge in [0.1, 0.15) is 18.0 Å². The van der Waals surface area contributed by atoms with E-state index in [9.17, 15) is 14.9 Å². The number of aromatic amines is 1. The van der Waals surface area contributed by atoms with Crippen LogP contribution >= 0.6 is 0 Å². The molecule has 10 heteroatoms. The predicted molar refractivity (Wildman–Crippen MR) is 165 cm³/mol. The Labute approximate surface area is 249 Å². The summed E-state index contributed by atoms with van der Waals surface area (Å²) in [5.41, 5.74) is 4.89. The zero-order valence-electron chi connectivity index (χ0n) is 24.5. The van der Waals surface area contributed by atoms with Crippen LogP contribution in [0.4, 0.5) is 10.5 Å². The number of carbonyl (C=O) groups excluding carboxylic acids is 1. The number of amides is 1. The molecule has 5 aromatic rings. The smallest absolute Gasteiger partial charge is 0.408 e. The molecule has 1 amide bonds. The number of H-pyrrole nitrogens is 1. The molecule has 2 N–H and O–H groups in total. The van der Waals surface area contributed by atoms with Crippen molar-refractivity contribution >= 4 is 22.7 Å². The lowest BCUT2D eigenvalue weighted by molar-refractivity contribution is -0.384. The van der Waals surface area contributed by atoms with Gasteiger partial charge in [-0.2, -0.15) is 5.10 Å². The number of alkyl carbamates (subject to hydrolysis) is 1. The quantitative estimate of drug-likeness (QED) is 0.142. The molecule has 0 saturated heterocycles. The first-order chi connectivity index (χ1) is 20.6. The van der Waals surface area contributed by atoms with Crippen molar-refractivity contribution in [3.05, 3.63) is 106 Å². The Balaban J connectivity index is 1.48. The van der Waals surface area contributed by atoms with E-state index < -0.39 is 16.6 Å². The molecule has 10 nitrogen and oxygen atoms in total. The minimum atomic E-state index is -0.641. The number of pyridine rings is 1. The fourth-order valence-electron chi connectivity index (χ4n) is 4.77. The summed E-state index contributed by atoms with van der Waals surface area (Å²) in [6, 6.07) is 23.6. The normalized spacial score (nSPS) is 12.1. The van der Waals surface area contributed by atoms with Gasteiger partial charge in [0, 0.05) is 34.3 Å². The minimum absolute atomic E-state index is 0.0244. The minimum Gasteiger partial charge on any atom is -0.490 e. The average Bonchev–Trinajstić information content (AvgIpc) is 3.35. The van der Waals surface area contributed by atoms with Crippen molar-refractivity contribution in [1.29, 1.82) is 0 Å². The van der Waals surface area contributed by atoms with E-state index in [-0.39, 0.29) is 18.3 Å². The van der Waals surface area contributed by atoms with Crippen LogP contribution in [-0.2, 0) is 11.2 Å². The number of nitrogens with zero attached hydrogens (tertiary/aromatic N) is 3. The molecule has 220 valence electrons. The van der Waals surface area contributed by atoms with Crippen molar-refractivity contribution < 1.29 is 19.2 Å². The Morgan fingerprint density at radius 1 is 1.02 bits per heavy atom. The number of nitro groups is 1. The number of aryl methyl sites for hydroxylation is 1. The molecule has 0 spiro atoms. The van der Waals surface area contributed by atoms with Crippen LogP contribution < -0.4 is 10.1 Å². The van der Waals surface area contributed by atoms with Gasteiger partial charge < -0.3 is 14.8 Å². The van der Waals surface area contributed by atoms with Crippen molar-refractivity contribution in [2.45, 2.75) is 45.8 Å². The van der Waals surface area contributed by atoms with Gasteiger partial charge in [-0.25, -0.2) is 4.79 Å². The highest BCUT2D eigenvalue weighted by Gasteiger charge is 2.21. The SMILES string of the molecule is Cc1[nH]nc2ccc(-c3cc(OC[C@H](Cc4ccccc4)NC(=O)OC(C)(C)C)cnc3-c3cccc([N+](=O)[O-])c3)cc12. The van der Waals surface area contributed by atoms with E-state index in [1.165, 1.54) is 12.1 Å². The summed E-state index contributed by atoms with van der Waals surface area (Å²) in [5, 5.41) is 22.7. The third-order valence-corrected chi connectivity index (χ3v) is 6.75. The standard InChI is InChI=1S/C33H33N5O5/c1-21-28-17-23(13-14-30(28)37-36-21)29-18-27(19-34-31(29)24-11-8-12-26(16-24)38(40)41)42-20-25(15-22-9-6-5-7-10-22)35-32(39)43-33(2,3)4/h5-14,16-19,25H,15,20H2,1-4H3,(H,35,39)(H,36,37)/t25-/m0/s1. The summed E-state index contributed by atoms with van der Waals surface area (Å²) in [6.07, 6.45) is 1.59. The van der Waals surface area contributed by atoms with Gasteiger partial charge in [-0.3, -0.25) is 20.2 Å². The summed E-state index contributed by atoms with van der Waals surface area (Å²) in [6.45, 7) is 7.55. The fourth-order valence-corrected chi connectivity index (χ4v) is 4.77. The van der Waals surface area contributed by atoms with E-state index in [1.807, 2.05) is 82.3 Å². The number of aromatic nitrogens is 3. The van der Waals surface area contributed by atoms with Crippen LogP contribution in [0.25, 0.3) is 33.3 Å². The van der Waals surface area contributed by atoms with Gasteiger partial charge >= 0.3 is 6.09 Å². The third kappa shape index (κ3) is 7.34. The zero-order chi connectivity index (χ0) is 30.6. The number of carbonyl (C=O) groups is 1. The number of ether oxygens (including phenoxy) is 2. The van der Waals surface area contributed by atoms with Gasteiger partial charge in [0.15, 0.2) is 0 Å². The topological polar surface area (TPSA) is 132 Å². The Morgan fingerprint density at radius 2 is 1.81 bits per heavy atom. The molecule has 0 aliphatic carbocycles. The largest absolute Gasteiger partial charge is 0.490 e. The third-order valence-electron chi connectivity index (χ3n) is 6.75. The number of nitro benzene ring substituents is 1. The number of benzene rings is 3. The summed E-state index contributed by atoms with van der Waals surface area (Å²) >= 11 is 0. The molecular formula is C33H33N5O5. The summed E-state index contributed by atoms with van der Waals surface area (Å²) in [4.78, 5) is 28.4. The Hall–Kier alpha value is -5.25. The van der Waals surface area contributed by atoms with Crippen LogP contribution in [0.1, 0.15) is 32.0 Å². The lowest BCUT2D eigenvalue weighted by atomic mass is 9.97. The maximum Gasteiger partial charge on any atom is 0.408 e. The van der Waals surface area contributed by atoms with Gasteiger partial charge in [0.05, 0.1) is 28.4 Å². The number of nitrogens with one attached hydrogen (secondary N) is 2. The average molecular weight is 580 g/mol. The van der Waals surface area contributed by atoms with Gasteiger partial charge in [-0.15, -0.1) is 0 Å². The van der Waals surface area contributed by atoms with Crippen LogP contribution in [0.5, 0.6) is 5.75 Å². The maximum atomic E-state index is 12.6.